The smallest absolute Gasteiger partial charge is 0.325 e. The van der Waals surface area contributed by atoms with Crippen LogP contribution in [0.5, 0.6) is 0 Å². The molecule has 0 aromatic heterocycles. The third kappa shape index (κ3) is 3.70. The number of imide groups is 1. The molecule has 4 rings (SSSR count). The van der Waals surface area contributed by atoms with Gasteiger partial charge in [0.15, 0.2) is 0 Å². The molecule has 4 amide bonds. The number of halogens is 2. The average Bonchev–Trinajstić information content (AvgIpc) is 2.94. The lowest BCUT2D eigenvalue weighted by molar-refractivity contribution is -0.133. The van der Waals surface area contributed by atoms with Gasteiger partial charge in [-0.2, -0.15) is 0 Å². The first-order valence-corrected chi connectivity index (χ1v) is 9.69. The number of nitrogens with one attached hydrogen (secondary N) is 1. The summed E-state index contributed by atoms with van der Waals surface area (Å²) in [6.45, 7) is 0.779. The Morgan fingerprint density at radius 3 is 2.45 bits per heavy atom. The second-order valence-corrected chi connectivity index (χ2v) is 7.77. The number of carbonyl (C=O) groups excluding carboxylic acids is 3. The van der Waals surface area contributed by atoms with Gasteiger partial charge in [-0.25, -0.2) is 9.18 Å². The number of amides is 4. The number of nitrogens with zero attached hydrogens (tertiary/aromatic N) is 2. The Balaban J connectivity index is 1.44. The Labute approximate surface area is 172 Å². The van der Waals surface area contributed by atoms with E-state index in [0.29, 0.717) is 42.1 Å². The largest absolute Gasteiger partial charge is 0.338 e. The molecule has 2 fully saturated rings. The second kappa shape index (κ2) is 7.48. The number of urea groups is 1. The SMILES string of the molecule is O=C(c1cccc(Cl)c1)N1CCC2(CC1)NC(=O)N(Cc1ccc(F)cc1)C2=O. The molecule has 150 valence electrons. The quantitative estimate of drug-likeness (QED) is 0.782. The summed E-state index contributed by atoms with van der Waals surface area (Å²) >= 11 is 5.96. The normalized spacial score (nSPS) is 18.3. The minimum atomic E-state index is -0.998. The Hall–Kier alpha value is -2.93. The Bertz CT molecular complexity index is 971. The molecule has 2 heterocycles. The Kier molecular flexibility index (Phi) is 5.00. The third-order valence-corrected chi connectivity index (χ3v) is 5.71. The van der Waals surface area contributed by atoms with Gasteiger partial charge in [0, 0.05) is 23.7 Å². The number of piperidine rings is 1. The maximum absolute atomic E-state index is 13.1. The van der Waals surface area contributed by atoms with E-state index in [4.69, 9.17) is 11.6 Å². The lowest BCUT2D eigenvalue weighted by Crippen LogP contribution is -2.55. The van der Waals surface area contributed by atoms with Crippen LogP contribution in [0.25, 0.3) is 0 Å². The summed E-state index contributed by atoms with van der Waals surface area (Å²) in [5.74, 6) is -0.830. The van der Waals surface area contributed by atoms with Crippen LogP contribution in [0.1, 0.15) is 28.8 Å². The van der Waals surface area contributed by atoms with E-state index in [0.717, 1.165) is 4.90 Å². The maximum atomic E-state index is 13.1. The van der Waals surface area contributed by atoms with Gasteiger partial charge in [0.05, 0.1) is 6.54 Å². The molecule has 2 aromatic rings. The fourth-order valence-corrected chi connectivity index (χ4v) is 4.02. The molecule has 0 aliphatic carbocycles. The van der Waals surface area contributed by atoms with Crippen molar-refractivity contribution in [2.24, 2.45) is 0 Å². The molecule has 0 atom stereocenters. The van der Waals surface area contributed by atoms with Gasteiger partial charge < -0.3 is 10.2 Å². The summed E-state index contributed by atoms with van der Waals surface area (Å²) in [5.41, 5.74) is 0.163. The first-order valence-electron chi connectivity index (χ1n) is 9.31. The third-order valence-electron chi connectivity index (χ3n) is 5.48. The number of hydrogen-bond donors (Lipinski definition) is 1. The summed E-state index contributed by atoms with van der Waals surface area (Å²) in [6, 6.07) is 12.0. The molecule has 0 saturated carbocycles. The van der Waals surface area contributed by atoms with E-state index in [1.165, 1.54) is 12.1 Å². The van der Waals surface area contributed by atoms with Crippen molar-refractivity contribution >= 4 is 29.4 Å². The molecule has 0 bridgehead atoms. The number of benzene rings is 2. The molecule has 1 spiro atoms. The van der Waals surface area contributed by atoms with Crippen LogP contribution < -0.4 is 5.32 Å². The molecule has 29 heavy (non-hydrogen) atoms. The minimum Gasteiger partial charge on any atom is -0.338 e. The number of rotatable bonds is 3. The summed E-state index contributed by atoms with van der Waals surface area (Å²) in [6.07, 6.45) is 0.674. The summed E-state index contributed by atoms with van der Waals surface area (Å²) in [7, 11) is 0. The van der Waals surface area contributed by atoms with E-state index >= 15 is 0 Å². The highest BCUT2D eigenvalue weighted by Crippen LogP contribution is 2.31. The molecular formula is C21H19ClFN3O3. The molecule has 2 aliphatic rings. The van der Waals surface area contributed by atoms with Gasteiger partial charge in [-0.3, -0.25) is 14.5 Å². The van der Waals surface area contributed by atoms with E-state index in [-0.39, 0.29) is 24.2 Å². The topological polar surface area (TPSA) is 69.7 Å². The van der Waals surface area contributed by atoms with Crippen molar-refractivity contribution in [1.82, 2.24) is 15.1 Å². The van der Waals surface area contributed by atoms with E-state index in [1.54, 1.807) is 41.3 Å². The van der Waals surface area contributed by atoms with Gasteiger partial charge in [-0.05, 0) is 48.7 Å². The second-order valence-electron chi connectivity index (χ2n) is 7.33. The van der Waals surface area contributed by atoms with E-state index < -0.39 is 11.6 Å². The van der Waals surface area contributed by atoms with E-state index in [9.17, 15) is 18.8 Å². The first kappa shape index (κ1) is 19.4. The number of likely N-dealkylation sites (tertiary alicyclic amines) is 1. The van der Waals surface area contributed by atoms with Crippen LogP contribution in [0, 0.1) is 5.82 Å². The molecule has 2 saturated heterocycles. The van der Waals surface area contributed by atoms with Gasteiger partial charge >= 0.3 is 6.03 Å². The lowest BCUT2D eigenvalue weighted by Gasteiger charge is -2.37. The van der Waals surface area contributed by atoms with Crippen molar-refractivity contribution < 1.29 is 18.8 Å². The predicted molar refractivity (Wildman–Crippen MR) is 105 cm³/mol. The standard InChI is InChI=1S/C21H19ClFN3O3/c22-16-3-1-2-15(12-16)18(27)25-10-8-21(9-11-25)19(28)26(20(29)24-21)13-14-4-6-17(23)7-5-14/h1-7,12H,8-11,13H2,(H,24,29). The Morgan fingerprint density at radius 2 is 1.79 bits per heavy atom. The first-order chi connectivity index (χ1) is 13.9. The molecule has 0 unspecified atom stereocenters. The fourth-order valence-electron chi connectivity index (χ4n) is 3.83. The van der Waals surface area contributed by atoms with Crippen molar-refractivity contribution in [1.29, 1.82) is 0 Å². The molecular weight excluding hydrogens is 397 g/mol. The molecule has 8 heteroatoms. The van der Waals surface area contributed by atoms with Crippen LogP contribution >= 0.6 is 11.6 Å². The van der Waals surface area contributed by atoms with Gasteiger partial charge in [0.1, 0.15) is 11.4 Å². The van der Waals surface area contributed by atoms with Gasteiger partial charge in [0.25, 0.3) is 11.8 Å². The van der Waals surface area contributed by atoms with Crippen molar-refractivity contribution in [3.63, 3.8) is 0 Å². The maximum Gasteiger partial charge on any atom is 0.325 e. The molecule has 6 nitrogen and oxygen atoms in total. The zero-order chi connectivity index (χ0) is 20.6. The van der Waals surface area contributed by atoms with Crippen LogP contribution in [0.2, 0.25) is 5.02 Å². The van der Waals surface area contributed by atoms with E-state index in [2.05, 4.69) is 5.32 Å². The van der Waals surface area contributed by atoms with Crippen LogP contribution in [0.4, 0.5) is 9.18 Å². The van der Waals surface area contributed by atoms with Crippen LogP contribution in [-0.4, -0.2) is 46.3 Å². The van der Waals surface area contributed by atoms with Gasteiger partial charge in [-0.1, -0.05) is 29.8 Å². The monoisotopic (exact) mass is 415 g/mol. The predicted octanol–water partition coefficient (Wildman–Crippen LogP) is 3.21. The van der Waals surface area contributed by atoms with Crippen LogP contribution in [-0.2, 0) is 11.3 Å². The summed E-state index contributed by atoms with van der Waals surface area (Å²) in [4.78, 5) is 40.9. The fraction of sp³-hybridized carbons (Fsp3) is 0.286. The highest BCUT2D eigenvalue weighted by molar-refractivity contribution is 6.31. The highest BCUT2D eigenvalue weighted by Gasteiger charge is 2.52. The summed E-state index contributed by atoms with van der Waals surface area (Å²) in [5, 5.41) is 3.30. The van der Waals surface area contributed by atoms with Crippen LogP contribution in [0.15, 0.2) is 48.5 Å². The number of hydrogen-bond acceptors (Lipinski definition) is 3. The van der Waals surface area contributed by atoms with Crippen LogP contribution in [0.3, 0.4) is 0 Å². The molecule has 2 aliphatic heterocycles. The molecule has 0 radical (unpaired) electrons. The van der Waals surface area contributed by atoms with Gasteiger partial charge in [0.2, 0.25) is 0 Å². The van der Waals surface area contributed by atoms with Crippen molar-refractivity contribution in [2.45, 2.75) is 24.9 Å². The molecule has 1 N–H and O–H groups in total. The zero-order valence-corrected chi connectivity index (χ0v) is 16.3. The van der Waals surface area contributed by atoms with Gasteiger partial charge in [-0.15, -0.1) is 0 Å². The van der Waals surface area contributed by atoms with Crippen molar-refractivity contribution in [3.05, 3.63) is 70.5 Å². The summed E-state index contributed by atoms with van der Waals surface area (Å²) < 4.78 is 13.1. The highest BCUT2D eigenvalue weighted by atomic mass is 35.5. The average molecular weight is 416 g/mol. The number of carbonyl (C=O) groups is 3. The van der Waals surface area contributed by atoms with E-state index in [1.807, 2.05) is 0 Å². The zero-order valence-electron chi connectivity index (χ0n) is 15.5. The Morgan fingerprint density at radius 1 is 1.10 bits per heavy atom. The van der Waals surface area contributed by atoms with Crippen molar-refractivity contribution in [2.75, 3.05) is 13.1 Å². The van der Waals surface area contributed by atoms with Crippen molar-refractivity contribution in [3.8, 4) is 0 Å². The lowest BCUT2D eigenvalue weighted by atomic mass is 9.87. The molecule has 2 aromatic carbocycles. The minimum absolute atomic E-state index is 0.0812.